The topological polar surface area (TPSA) is 30.9 Å². The Morgan fingerprint density at radius 3 is 2.00 bits per heavy atom. The van der Waals surface area contributed by atoms with Crippen LogP contribution in [0, 0.1) is 0 Å². The normalized spacial score (nSPS) is 11.6. The van der Waals surface area contributed by atoms with Crippen LogP contribution < -0.4 is 0 Å². The van der Waals surface area contributed by atoms with Gasteiger partial charge in [0.25, 0.3) is 9.76 Å². The molecule has 96 valence electrons. The van der Waals surface area contributed by atoms with Crippen molar-refractivity contribution in [2.75, 3.05) is 39.5 Å². The molecular weight excluding hydrogens is 222 g/mol. The third-order valence-corrected chi connectivity index (χ3v) is 3.12. The molecule has 0 rings (SSSR count). The highest BCUT2D eigenvalue weighted by atomic mass is 28.2. The van der Waals surface area contributed by atoms with Crippen molar-refractivity contribution < 1.29 is 13.9 Å². The number of likely N-dealkylation sites (N-methyl/N-ethyl adjacent to an activating group) is 1. The second-order valence-corrected chi connectivity index (χ2v) is 4.23. The highest BCUT2D eigenvalue weighted by Gasteiger charge is 2.10. The maximum atomic E-state index is 5.57. The number of ether oxygens (including phenoxy) is 2. The molecule has 0 saturated carbocycles. The van der Waals surface area contributed by atoms with E-state index in [1.807, 2.05) is 13.8 Å². The molecule has 16 heavy (non-hydrogen) atoms. The van der Waals surface area contributed by atoms with Gasteiger partial charge in [-0.2, -0.15) is 0 Å². The van der Waals surface area contributed by atoms with Gasteiger partial charge in [0, 0.05) is 26.4 Å². The first kappa shape index (κ1) is 16.1. The predicted molar refractivity (Wildman–Crippen MR) is 66.5 cm³/mol. The molecule has 0 spiro atoms. The summed E-state index contributed by atoms with van der Waals surface area (Å²) in [7, 11) is 0.268. The molecule has 0 aliphatic carbocycles. The van der Waals surface area contributed by atoms with Crippen LogP contribution in [-0.4, -0.2) is 60.0 Å². The number of hydrogen-bond donors (Lipinski definition) is 0. The first-order valence-corrected chi connectivity index (χ1v) is 7.09. The molecule has 0 N–H and O–H groups in total. The summed E-state index contributed by atoms with van der Waals surface area (Å²) in [6.07, 6.45) is 0. The van der Waals surface area contributed by atoms with Crippen LogP contribution in [0.4, 0.5) is 0 Å². The summed E-state index contributed by atoms with van der Waals surface area (Å²) in [6, 6.07) is 0. The van der Waals surface area contributed by atoms with Gasteiger partial charge in [0.15, 0.2) is 5.91 Å². The van der Waals surface area contributed by atoms with E-state index in [1.54, 1.807) is 0 Å². The quantitative estimate of drug-likeness (QED) is 0.313. The molecule has 0 amide bonds. The smallest absolute Gasteiger partial charge is 0.299 e. The van der Waals surface area contributed by atoms with E-state index in [0.717, 1.165) is 26.2 Å². The van der Waals surface area contributed by atoms with E-state index in [4.69, 9.17) is 13.9 Å². The fourth-order valence-electron chi connectivity index (χ4n) is 1.26. The lowest BCUT2D eigenvalue weighted by atomic mass is 10.5. The van der Waals surface area contributed by atoms with Gasteiger partial charge in [-0.3, -0.25) is 0 Å². The van der Waals surface area contributed by atoms with Gasteiger partial charge in [0.1, 0.15) is 0 Å². The summed E-state index contributed by atoms with van der Waals surface area (Å²) in [4.78, 5) is 2.33. The van der Waals surface area contributed by atoms with Crippen LogP contribution in [0.1, 0.15) is 27.7 Å². The summed E-state index contributed by atoms with van der Waals surface area (Å²) >= 11 is 0. The van der Waals surface area contributed by atoms with E-state index in [9.17, 15) is 0 Å². The van der Waals surface area contributed by atoms with Crippen molar-refractivity contribution in [3.8, 4) is 0 Å². The van der Waals surface area contributed by atoms with Crippen molar-refractivity contribution in [3.63, 3.8) is 0 Å². The summed E-state index contributed by atoms with van der Waals surface area (Å²) in [5, 5.41) is 0. The zero-order valence-corrected chi connectivity index (χ0v) is 12.0. The summed E-state index contributed by atoms with van der Waals surface area (Å²) in [6.45, 7) is 13.4. The summed E-state index contributed by atoms with van der Waals surface area (Å²) < 4.78 is 16.4. The predicted octanol–water partition coefficient (Wildman–Crippen LogP) is 1.32. The minimum absolute atomic E-state index is 0.188. The van der Waals surface area contributed by atoms with Gasteiger partial charge in [-0.1, -0.05) is 13.8 Å². The minimum atomic E-state index is -0.188. The van der Waals surface area contributed by atoms with Crippen LogP contribution in [0.25, 0.3) is 0 Å². The van der Waals surface area contributed by atoms with E-state index >= 15 is 0 Å². The molecule has 0 aromatic heterocycles. The first-order valence-electron chi connectivity index (χ1n) is 6.11. The Kier molecular flexibility index (Phi) is 11.6. The van der Waals surface area contributed by atoms with E-state index in [2.05, 4.69) is 18.7 Å². The molecule has 0 heterocycles. The van der Waals surface area contributed by atoms with Crippen LogP contribution in [0.3, 0.4) is 0 Å². The van der Waals surface area contributed by atoms with Crippen LogP contribution in [0.2, 0.25) is 0 Å². The van der Waals surface area contributed by atoms with Gasteiger partial charge < -0.3 is 18.8 Å². The molecule has 5 heteroatoms. The van der Waals surface area contributed by atoms with Crippen molar-refractivity contribution in [1.29, 1.82) is 0 Å². The lowest BCUT2D eigenvalue weighted by Crippen LogP contribution is -2.31. The summed E-state index contributed by atoms with van der Waals surface area (Å²) in [5.41, 5.74) is 0. The van der Waals surface area contributed by atoms with Crippen LogP contribution >= 0.6 is 0 Å². The molecule has 0 fully saturated rings. The maximum Gasteiger partial charge on any atom is 0.299 e. The van der Waals surface area contributed by atoms with E-state index in [1.165, 1.54) is 0 Å². The molecule has 0 unspecified atom stereocenters. The molecule has 0 aromatic rings. The van der Waals surface area contributed by atoms with Gasteiger partial charge in [-0.15, -0.1) is 0 Å². The molecule has 0 bridgehead atoms. The average molecular weight is 247 g/mol. The molecule has 4 nitrogen and oxygen atoms in total. The maximum absolute atomic E-state index is 5.57. The molecule has 0 aromatic carbocycles. The lowest BCUT2D eigenvalue weighted by molar-refractivity contribution is -0.0900. The Balaban J connectivity index is 3.52. The Morgan fingerprint density at radius 2 is 1.56 bits per heavy atom. The highest BCUT2D eigenvalue weighted by Crippen LogP contribution is 1.94. The fraction of sp³-hybridized carbons (Fsp3) is 1.00. The monoisotopic (exact) mass is 247 g/mol. The standard InChI is InChI=1S/C11H25NO3Si/c1-5-12(6-2)9-10-15-16-11(13-7-3)14-8-4/h11H,5-10H2,1-4H3. The molecule has 0 saturated heterocycles. The van der Waals surface area contributed by atoms with Crippen molar-refractivity contribution in [2.24, 2.45) is 0 Å². The highest BCUT2D eigenvalue weighted by molar-refractivity contribution is 6.28. The number of nitrogens with zero attached hydrogens (tertiary/aromatic N) is 1. The van der Waals surface area contributed by atoms with E-state index in [-0.39, 0.29) is 15.7 Å². The van der Waals surface area contributed by atoms with Crippen LogP contribution in [0.15, 0.2) is 0 Å². The van der Waals surface area contributed by atoms with Crippen molar-refractivity contribution >= 4 is 9.76 Å². The molecule has 0 aliphatic rings. The lowest BCUT2D eigenvalue weighted by Gasteiger charge is -2.19. The molecule has 2 radical (unpaired) electrons. The van der Waals surface area contributed by atoms with E-state index in [0.29, 0.717) is 13.2 Å². The fourth-order valence-corrected chi connectivity index (χ4v) is 2.08. The minimum Gasteiger partial charge on any atom is -0.411 e. The van der Waals surface area contributed by atoms with Crippen LogP contribution in [0.5, 0.6) is 0 Å². The zero-order valence-electron chi connectivity index (χ0n) is 11.0. The van der Waals surface area contributed by atoms with Gasteiger partial charge in [-0.25, -0.2) is 0 Å². The zero-order chi connectivity index (χ0) is 12.2. The number of rotatable bonds is 11. The van der Waals surface area contributed by atoms with Gasteiger partial charge >= 0.3 is 0 Å². The van der Waals surface area contributed by atoms with Crippen LogP contribution in [-0.2, 0) is 13.9 Å². The largest absolute Gasteiger partial charge is 0.411 e. The SMILES string of the molecule is CCOC(OCC)[Si]OCCN(CC)CC. The molecule has 0 aliphatic heterocycles. The molecular formula is C11H25NO3Si. The Bertz CT molecular complexity index is 139. The third kappa shape index (κ3) is 8.24. The molecule has 0 atom stereocenters. The number of hydrogen-bond acceptors (Lipinski definition) is 4. The van der Waals surface area contributed by atoms with Crippen molar-refractivity contribution in [3.05, 3.63) is 0 Å². The second kappa shape index (κ2) is 11.5. The van der Waals surface area contributed by atoms with Crippen molar-refractivity contribution in [1.82, 2.24) is 4.90 Å². The Morgan fingerprint density at radius 1 is 1.00 bits per heavy atom. The van der Waals surface area contributed by atoms with Gasteiger partial charge in [0.05, 0.1) is 0 Å². The summed E-state index contributed by atoms with van der Waals surface area (Å²) in [5.74, 6) is -0.188. The average Bonchev–Trinajstić information content (AvgIpc) is 2.30. The Labute approximate surface area is 102 Å². The third-order valence-electron chi connectivity index (χ3n) is 2.22. The second-order valence-electron chi connectivity index (χ2n) is 3.24. The Hall–Kier alpha value is 0.0569. The van der Waals surface area contributed by atoms with Gasteiger partial charge in [-0.05, 0) is 26.9 Å². The van der Waals surface area contributed by atoms with E-state index < -0.39 is 0 Å². The van der Waals surface area contributed by atoms with Crippen molar-refractivity contribution in [2.45, 2.75) is 33.6 Å². The van der Waals surface area contributed by atoms with Gasteiger partial charge in [0.2, 0.25) is 0 Å². The first-order chi connectivity index (χ1) is 7.78.